The van der Waals surface area contributed by atoms with Crippen molar-refractivity contribution in [2.45, 2.75) is 0 Å². The van der Waals surface area contributed by atoms with Crippen molar-refractivity contribution in [2.75, 3.05) is 0 Å². The van der Waals surface area contributed by atoms with Crippen LogP contribution in [0.4, 0.5) is 0 Å². The molecule has 0 saturated carbocycles. The summed E-state index contributed by atoms with van der Waals surface area (Å²) in [6.45, 7) is -0.0842. The Balaban J connectivity index is 1.13. The van der Waals surface area contributed by atoms with Crippen molar-refractivity contribution in [3.05, 3.63) is 170 Å². The molecule has 0 bridgehead atoms. The fourth-order valence-corrected chi connectivity index (χ4v) is 8.25. The van der Waals surface area contributed by atoms with Crippen molar-refractivity contribution >= 4 is 44.9 Å². The number of benzene rings is 6. The smallest absolute Gasteiger partial charge is 0.260 e. The van der Waals surface area contributed by atoms with Crippen molar-refractivity contribution in [2.24, 2.45) is 0 Å². The summed E-state index contributed by atoms with van der Waals surface area (Å²) < 4.78 is 16.4. The fraction of sp³-hybridized carbons (Fsp3) is 0. The van der Waals surface area contributed by atoms with E-state index in [0.29, 0.717) is 0 Å². The standard InChI is InChI=1S/C46H28BN3O2/c1-3-16-40-36(10-1)37-11-2-4-17-41(37)50(40)33-9-5-8-31(26-33)32-27-42-44-43(28-32)52-46-35(30-20-24-49-25-21-30)13-7-15-39(46)47(44)38-14-6-12-34(45(38)51-42)29-18-22-48-23-19-29/h1-28H. The zero-order chi connectivity index (χ0) is 34.2. The molecule has 52 heavy (non-hydrogen) atoms. The summed E-state index contributed by atoms with van der Waals surface area (Å²) in [5.74, 6) is 3.31. The number of nitrogens with zero attached hydrogens (tertiary/aromatic N) is 3. The van der Waals surface area contributed by atoms with E-state index in [9.17, 15) is 0 Å². The number of pyridine rings is 2. The van der Waals surface area contributed by atoms with Gasteiger partial charge in [0, 0.05) is 57.8 Å². The van der Waals surface area contributed by atoms with Crippen molar-refractivity contribution in [3.63, 3.8) is 0 Å². The summed E-state index contributed by atoms with van der Waals surface area (Å²) in [6.07, 6.45) is 7.32. The molecular formula is C46H28BN3O2. The molecule has 5 heterocycles. The van der Waals surface area contributed by atoms with Gasteiger partial charge in [-0.25, -0.2) is 0 Å². The number of hydrogen-bond acceptors (Lipinski definition) is 4. The van der Waals surface area contributed by atoms with Crippen molar-refractivity contribution in [1.82, 2.24) is 14.5 Å². The molecule has 0 atom stereocenters. The minimum absolute atomic E-state index is 0.0842. The van der Waals surface area contributed by atoms with Gasteiger partial charge in [0.2, 0.25) is 0 Å². The molecule has 0 spiro atoms. The fourth-order valence-electron chi connectivity index (χ4n) is 8.25. The number of aromatic nitrogens is 3. The highest BCUT2D eigenvalue weighted by Gasteiger charge is 2.42. The van der Waals surface area contributed by atoms with Crippen LogP contribution in [0.5, 0.6) is 23.0 Å². The molecule has 5 nitrogen and oxygen atoms in total. The van der Waals surface area contributed by atoms with Gasteiger partial charge in [-0.3, -0.25) is 9.97 Å². The van der Waals surface area contributed by atoms with Gasteiger partial charge in [0.15, 0.2) is 0 Å². The van der Waals surface area contributed by atoms with E-state index in [-0.39, 0.29) is 6.71 Å². The Morgan fingerprint density at radius 2 is 0.962 bits per heavy atom. The van der Waals surface area contributed by atoms with Gasteiger partial charge in [-0.2, -0.15) is 0 Å². The normalized spacial score (nSPS) is 12.5. The Morgan fingerprint density at radius 1 is 0.442 bits per heavy atom. The third-order valence-electron chi connectivity index (χ3n) is 10.5. The van der Waals surface area contributed by atoms with Crippen LogP contribution in [0.2, 0.25) is 0 Å². The molecular weight excluding hydrogens is 637 g/mol. The molecule has 2 aliphatic heterocycles. The first kappa shape index (κ1) is 28.9. The Kier molecular flexibility index (Phi) is 6.28. The molecule has 0 radical (unpaired) electrons. The van der Waals surface area contributed by atoms with E-state index in [1.807, 2.05) is 49.1 Å². The molecule has 0 N–H and O–H groups in total. The number of hydrogen-bond donors (Lipinski definition) is 0. The summed E-state index contributed by atoms with van der Waals surface area (Å²) in [6, 6.07) is 51.4. The largest absolute Gasteiger partial charge is 0.458 e. The molecule has 3 aromatic heterocycles. The van der Waals surface area contributed by atoms with Crippen LogP contribution in [0.25, 0.3) is 60.9 Å². The predicted molar refractivity (Wildman–Crippen MR) is 210 cm³/mol. The lowest BCUT2D eigenvalue weighted by Crippen LogP contribution is -2.57. The van der Waals surface area contributed by atoms with Gasteiger partial charge in [-0.1, -0.05) is 84.9 Å². The second-order valence-electron chi connectivity index (χ2n) is 13.4. The first-order valence-corrected chi connectivity index (χ1v) is 17.5. The second-order valence-corrected chi connectivity index (χ2v) is 13.4. The quantitative estimate of drug-likeness (QED) is 0.176. The van der Waals surface area contributed by atoms with Crippen LogP contribution in [0.15, 0.2) is 170 Å². The number of fused-ring (bicyclic) bond motifs is 7. The van der Waals surface area contributed by atoms with Crippen LogP contribution in [0.3, 0.4) is 0 Å². The average molecular weight is 666 g/mol. The van der Waals surface area contributed by atoms with E-state index in [4.69, 9.17) is 9.47 Å². The third kappa shape index (κ3) is 4.31. The molecule has 0 aliphatic carbocycles. The first-order chi connectivity index (χ1) is 25.8. The van der Waals surface area contributed by atoms with Gasteiger partial charge in [0.1, 0.15) is 23.0 Å². The van der Waals surface area contributed by atoms with Crippen LogP contribution in [0.1, 0.15) is 0 Å². The van der Waals surface area contributed by atoms with Crippen molar-refractivity contribution in [3.8, 4) is 62.1 Å². The molecule has 6 aromatic carbocycles. The molecule has 0 amide bonds. The minimum atomic E-state index is -0.0842. The number of para-hydroxylation sites is 4. The highest BCUT2D eigenvalue weighted by Crippen LogP contribution is 2.44. The molecule has 6 heteroatoms. The molecule has 242 valence electrons. The number of ether oxygens (including phenoxy) is 2. The molecule has 0 fully saturated rings. The van der Waals surface area contributed by atoms with E-state index in [1.165, 1.54) is 21.8 Å². The van der Waals surface area contributed by atoms with Gasteiger partial charge in [0.25, 0.3) is 6.71 Å². The molecule has 0 unspecified atom stereocenters. The van der Waals surface area contributed by atoms with E-state index in [2.05, 4.69) is 136 Å². The van der Waals surface area contributed by atoms with E-state index in [0.717, 1.165) is 78.5 Å². The SMILES string of the molecule is c1cc(-c2cc3c4c(c2)Oc2c(cccc2-c2ccncc2)B4c2cccc(-c4ccncc4)c2O3)cc(-n2c3ccccc3c3ccccc32)c1. The first-order valence-electron chi connectivity index (χ1n) is 17.5. The minimum Gasteiger partial charge on any atom is -0.458 e. The van der Waals surface area contributed by atoms with Gasteiger partial charge < -0.3 is 14.0 Å². The average Bonchev–Trinajstić information content (AvgIpc) is 3.55. The second kappa shape index (κ2) is 11.3. The van der Waals surface area contributed by atoms with E-state index < -0.39 is 0 Å². The Labute approximate surface area is 300 Å². The van der Waals surface area contributed by atoms with Crippen LogP contribution >= 0.6 is 0 Å². The zero-order valence-electron chi connectivity index (χ0n) is 27.9. The maximum Gasteiger partial charge on any atom is 0.260 e. The Bertz CT molecular complexity index is 2700. The summed E-state index contributed by atoms with van der Waals surface area (Å²) >= 11 is 0. The Morgan fingerprint density at radius 3 is 1.52 bits per heavy atom. The topological polar surface area (TPSA) is 49.2 Å². The summed E-state index contributed by atoms with van der Waals surface area (Å²) in [5, 5.41) is 2.48. The Hall–Kier alpha value is -6.92. The monoisotopic (exact) mass is 665 g/mol. The van der Waals surface area contributed by atoms with Gasteiger partial charge >= 0.3 is 0 Å². The molecule has 9 aromatic rings. The van der Waals surface area contributed by atoms with Crippen molar-refractivity contribution in [1.29, 1.82) is 0 Å². The highest BCUT2D eigenvalue weighted by atomic mass is 16.5. The van der Waals surface area contributed by atoms with Crippen molar-refractivity contribution < 1.29 is 9.47 Å². The summed E-state index contributed by atoms with van der Waals surface area (Å²) in [7, 11) is 0. The lowest BCUT2D eigenvalue weighted by atomic mass is 9.34. The van der Waals surface area contributed by atoms with Gasteiger partial charge in [-0.15, -0.1) is 0 Å². The number of rotatable bonds is 4. The molecule has 0 saturated heterocycles. The molecule has 2 aliphatic rings. The predicted octanol–water partition coefficient (Wildman–Crippen LogP) is 9.30. The zero-order valence-corrected chi connectivity index (χ0v) is 27.9. The highest BCUT2D eigenvalue weighted by molar-refractivity contribution is 6.98. The third-order valence-corrected chi connectivity index (χ3v) is 10.5. The lowest BCUT2D eigenvalue weighted by Gasteiger charge is -2.35. The van der Waals surface area contributed by atoms with Crippen LogP contribution in [0, 0.1) is 0 Å². The molecule has 11 rings (SSSR count). The van der Waals surface area contributed by atoms with Crippen LogP contribution in [-0.4, -0.2) is 21.2 Å². The maximum absolute atomic E-state index is 7.01. The van der Waals surface area contributed by atoms with Gasteiger partial charge in [0.05, 0.1) is 11.0 Å². The lowest BCUT2D eigenvalue weighted by molar-refractivity contribution is 0.466. The van der Waals surface area contributed by atoms with Crippen LogP contribution < -0.4 is 25.9 Å². The van der Waals surface area contributed by atoms with Gasteiger partial charge in [-0.05, 0) is 93.8 Å². The van der Waals surface area contributed by atoms with Crippen LogP contribution in [-0.2, 0) is 0 Å². The van der Waals surface area contributed by atoms with E-state index >= 15 is 0 Å². The summed E-state index contributed by atoms with van der Waals surface area (Å²) in [4.78, 5) is 8.56. The summed E-state index contributed by atoms with van der Waals surface area (Å²) in [5.41, 5.74) is 13.0. The maximum atomic E-state index is 7.01. The van der Waals surface area contributed by atoms with E-state index in [1.54, 1.807) is 0 Å².